The molecule has 0 saturated heterocycles. The van der Waals surface area contributed by atoms with Crippen LogP contribution in [0.1, 0.15) is 26.3 Å². The Hall–Kier alpha value is -1.02. The van der Waals surface area contributed by atoms with Crippen LogP contribution in [0.25, 0.3) is 0 Å². The predicted molar refractivity (Wildman–Crippen MR) is 67.4 cm³/mol. The highest BCUT2D eigenvalue weighted by atomic mass is 15.0. The van der Waals surface area contributed by atoms with E-state index in [1.807, 2.05) is 7.05 Å². The fourth-order valence-electron chi connectivity index (χ4n) is 1.70. The normalized spacial score (nSPS) is 11.5. The zero-order valence-electron chi connectivity index (χ0n) is 10.2. The molecule has 1 rings (SSSR count). The monoisotopic (exact) mass is 206 g/mol. The molecule has 0 heterocycles. The van der Waals surface area contributed by atoms with Crippen molar-refractivity contribution in [2.75, 3.05) is 18.9 Å². The molecule has 1 aromatic rings. The predicted octanol–water partition coefficient (Wildman–Crippen LogP) is 2.66. The third kappa shape index (κ3) is 3.92. The van der Waals surface area contributed by atoms with Gasteiger partial charge >= 0.3 is 0 Å². The van der Waals surface area contributed by atoms with E-state index in [1.54, 1.807) is 0 Å². The summed E-state index contributed by atoms with van der Waals surface area (Å²) in [6.07, 6.45) is 1.10. The molecule has 2 nitrogen and oxygen atoms in total. The van der Waals surface area contributed by atoms with Gasteiger partial charge in [0.2, 0.25) is 0 Å². The Labute approximate surface area is 93.1 Å². The Bertz CT molecular complexity index is 288. The minimum atomic E-state index is 0.0858. The molecule has 0 aliphatic carbocycles. The van der Waals surface area contributed by atoms with Crippen molar-refractivity contribution < 1.29 is 0 Å². The van der Waals surface area contributed by atoms with Crippen LogP contribution in [0.15, 0.2) is 24.3 Å². The molecule has 2 heteroatoms. The molecule has 0 aliphatic heterocycles. The van der Waals surface area contributed by atoms with Gasteiger partial charge in [-0.25, -0.2) is 0 Å². The van der Waals surface area contributed by atoms with Crippen molar-refractivity contribution in [2.45, 2.75) is 32.7 Å². The van der Waals surface area contributed by atoms with Crippen LogP contribution in [0.4, 0.5) is 5.69 Å². The van der Waals surface area contributed by atoms with Crippen LogP contribution in [0.3, 0.4) is 0 Å². The minimum Gasteiger partial charge on any atom is -0.379 e. The molecule has 0 amide bonds. The molecule has 1 aromatic carbocycles. The van der Waals surface area contributed by atoms with Gasteiger partial charge < -0.3 is 10.6 Å². The van der Waals surface area contributed by atoms with E-state index >= 15 is 0 Å². The van der Waals surface area contributed by atoms with Gasteiger partial charge in [0.25, 0.3) is 0 Å². The van der Waals surface area contributed by atoms with E-state index in [4.69, 9.17) is 0 Å². The molecule has 84 valence electrons. The standard InChI is InChI=1S/C13H22N2/c1-5-11-6-8-12(9-7-11)15-13(2,3)10-14-4/h6-9,14-15H,5,10H2,1-4H3. The highest BCUT2D eigenvalue weighted by Crippen LogP contribution is 2.15. The smallest absolute Gasteiger partial charge is 0.0441 e. The molecular weight excluding hydrogens is 184 g/mol. The van der Waals surface area contributed by atoms with E-state index in [-0.39, 0.29) is 5.54 Å². The molecule has 0 radical (unpaired) electrons. The van der Waals surface area contributed by atoms with Crippen molar-refractivity contribution in [3.05, 3.63) is 29.8 Å². The lowest BCUT2D eigenvalue weighted by molar-refractivity contribution is 0.530. The van der Waals surface area contributed by atoms with E-state index in [1.165, 1.54) is 11.3 Å². The summed E-state index contributed by atoms with van der Waals surface area (Å²) in [6.45, 7) is 7.50. The topological polar surface area (TPSA) is 24.1 Å². The molecule has 0 aliphatic rings. The molecule has 2 N–H and O–H groups in total. The van der Waals surface area contributed by atoms with Crippen LogP contribution in [-0.4, -0.2) is 19.1 Å². The summed E-state index contributed by atoms with van der Waals surface area (Å²) in [5.74, 6) is 0. The lowest BCUT2D eigenvalue weighted by Gasteiger charge is -2.27. The van der Waals surface area contributed by atoms with Crippen LogP contribution in [0.5, 0.6) is 0 Å². The molecule has 0 unspecified atom stereocenters. The van der Waals surface area contributed by atoms with Crippen molar-refractivity contribution in [1.82, 2.24) is 5.32 Å². The van der Waals surface area contributed by atoms with E-state index < -0.39 is 0 Å². The molecule has 0 fully saturated rings. The van der Waals surface area contributed by atoms with E-state index in [9.17, 15) is 0 Å². The lowest BCUT2D eigenvalue weighted by atomic mass is 10.0. The second-order valence-electron chi connectivity index (χ2n) is 4.59. The summed E-state index contributed by atoms with van der Waals surface area (Å²) >= 11 is 0. The maximum absolute atomic E-state index is 3.51. The summed E-state index contributed by atoms with van der Waals surface area (Å²) in [6, 6.07) is 8.65. The number of likely N-dealkylation sites (N-methyl/N-ethyl adjacent to an activating group) is 1. The highest BCUT2D eigenvalue weighted by Gasteiger charge is 2.15. The van der Waals surface area contributed by atoms with Gasteiger partial charge in [0.1, 0.15) is 0 Å². The minimum absolute atomic E-state index is 0.0858. The number of rotatable bonds is 5. The first-order chi connectivity index (χ1) is 7.07. The van der Waals surface area contributed by atoms with E-state index in [0.29, 0.717) is 0 Å². The van der Waals surface area contributed by atoms with Crippen LogP contribution in [0.2, 0.25) is 0 Å². The van der Waals surface area contributed by atoms with E-state index in [2.05, 4.69) is 55.7 Å². The number of benzene rings is 1. The van der Waals surface area contributed by atoms with Crippen molar-refractivity contribution in [1.29, 1.82) is 0 Å². The summed E-state index contributed by atoms with van der Waals surface area (Å²) < 4.78 is 0. The van der Waals surface area contributed by atoms with Crippen LogP contribution >= 0.6 is 0 Å². The second-order valence-corrected chi connectivity index (χ2v) is 4.59. The fourth-order valence-corrected chi connectivity index (χ4v) is 1.70. The second kappa shape index (κ2) is 5.17. The lowest BCUT2D eigenvalue weighted by Crippen LogP contribution is -2.40. The maximum atomic E-state index is 3.51. The van der Waals surface area contributed by atoms with Crippen molar-refractivity contribution in [2.24, 2.45) is 0 Å². The third-order valence-corrected chi connectivity index (χ3v) is 2.46. The Morgan fingerprint density at radius 2 is 1.73 bits per heavy atom. The SMILES string of the molecule is CCc1ccc(NC(C)(C)CNC)cc1. The van der Waals surface area contributed by atoms with Gasteiger partial charge in [-0.2, -0.15) is 0 Å². The molecule has 0 atom stereocenters. The van der Waals surface area contributed by atoms with Gasteiger partial charge in [-0.3, -0.25) is 0 Å². The van der Waals surface area contributed by atoms with Crippen molar-refractivity contribution in [3.63, 3.8) is 0 Å². The average molecular weight is 206 g/mol. The van der Waals surface area contributed by atoms with Gasteiger partial charge in [0, 0.05) is 17.8 Å². The Morgan fingerprint density at radius 1 is 1.13 bits per heavy atom. The number of nitrogens with one attached hydrogen (secondary N) is 2. The Kier molecular flexibility index (Phi) is 4.15. The van der Waals surface area contributed by atoms with Crippen LogP contribution in [-0.2, 0) is 6.42 Å². The number of anilines is 1. The zero-order valence-corrected chi connectivity index (χ0v) is 10.2. The van der Waals surface area contributed by atoms with Crippen molar-refractivity contribution >= 4 is 5.69 Å². The quantitative estimate of drug-likeness (QED) is 0.774. The molecular formula is C13H22N2. The molecule has 15 heavy (non-hydrogen) atoms. The molecule has 0 saturated carbocycles. The maximum Gasteiger partial charge on any atom is 0.0441 e. The van der Waals surface area contributed by atoms with Crippen LogP contribution < -0.4 is 10.6 Å². The van der Waals surface area contributed by atoms with Gasteiger partial charge in [0.05, 0.1) is 0 Å². The Balaban J connectivity index is 2.64. The van der Waals surface area contributed by atoms with Gasteiger partial charge in [-0.1, -0.05) is 19.1 Å². The number of hydrogen-bond donors (Lipinski definition) is 2. The third-order valence-electron chi connectivity index (χ3n) is 2.46. The number of hydrogen-bond acceptors (Lipinski definition) is 2. The molecule has 0 bridgehead atoms. The highest BCUT2D eigenvalue weighted by molar-refractivity contribution is 5.46. The first kappa shape index (κ1) is 12.1. The zero-order chi connectivity index (χ0) is 11.3. The summed E-state index contributed by atoms with van der Waals surface area (Å²) in [4.78, 5) is 0. The summed E-state index contributed by atoms with van der Waals surface area (Å²) in [5.41, 5.74) is 2.65. The van der Waals surface area contributed by atoms with Gasteiger partial charge in [-0.05, 0) is 45.0 Å². The first-order valence-corrected chi connectivity index (χ1v) is 5.59. The van der Waals surface area contributed by atoms with Gasteiger partial charge in [-0.15, -0.1) is 0 Å². The van der Waals surface area contributed by atoms with Crippen LogP contribution in [0, 0.1) is 0 Å². The van der Waals surface area contributed by atoms with Gasteiger partial charge in [0.15, 0.2) is 0 Å². The Morgan fingerprint density at radius 3 is 2.20 bits per heavy atom. The number of aryl methyl sites for hydroxylation is 1. The van der Waals surface area contributed by atoms with E-state index in [0.717, 1.165) is 13.0 Å². The van der Waals surface area contributed by atoms with Crippen molar-refractivity contribution in [3.8, 4) is 0 Å². The fraction of sp³-hybridized carbons (Fsp3) is 0.538. The summed E-state index contributed by atoms with van der Waals surface area (Å²) in [7, 11) is 1.98. The molecule has 0 aromatic heterocycles. The average Bonchev–Trinajstić information content (AvgIpc) is 2.18. The largest absolute Gasteiger partial charge is 0.379 e. The summed E-state index contributed by atoms with van der Waals surface area (Å²) in [5, 5.41) is 6.70. The first-order valence-electron chi connectivity index (χ1n) is 5.59. The molecule has 0 spiro atoms.